The maximum Gasteiger partial charge on any atom is 0.287 e. The molecular weight excluding hydrogens is 330 g/mol. The first kappa shape index (κ1) is 16.4. The van der Waals surface area contributed by atoms with Gasteiger partial charge in [0.15, 0.2) is 0 Å². The van der Waals surface area contributed by atoms with Crippen molar-refractivity contribution in [1.29, 1.82) is 0 Å². The van der Waals surface area contributed by atoms with Crippen molar-refractivity contribution in [2.45, 2.75) is 6.54 Å². The number of nitrogens with zero attached hydrogens (tertiary/aromatic N) is 5. The quantitative estimate of drug-likeness (QED) is 0.532. The Hall–Kier alpha value is -3.06. The van der Waals surface area contributed by atoms with Crippen molar-refractivity contribution in [3.05, 3.63) is 70.5 Å². The molecule has 0 unspecified atom stereocenters. The normalized spacial score (nSPS) is 15.3. The molecule has 0 spiro atoms. The Kier molecular flexibility index (Phi) is 4.45. The van der Waals surface area contributed by atoms with E-state index in [0.29, 0.717) is 0 Å². The zero-order valence-electron chi connectivity index (χ0n) is 14.3. The van der Waals surface area contributed by atoms with Gasteiger partial charge in [-0.3, -0.25) is 20.0 Å². The largest absolute Gasteiger partial charge is 0.354 e. The first-order valence-electron chi connectivity index (χ1n) is 8.61. The predicted molar refractivity (Wildman–Crippen MR) is 100 cm³/mol. The summed E-state index contributed by atoms with van der Waals surface area (Å²) in [5.74, 6) is 0.794. The summed E-state index contributed by atoms with van der Waals surface area (Å²) in [6, 6.07) is 13.6. The molecule has 26 heavy (non-hydrogen) atoms. The summed E-state index contributed by atoms with van der Waals surface area (Å²) in [7, 11) is 0. The number of pyridine rings is 2. The van der Waals surface area contributed by atoms with E-state index in [1.54, 1.807) is 6.07 Å². The molecule has 0 atom stereocenters. The average molecular weight is 349 g/mol. The highest BCUT2D eigenvalue weighted by Gasteiger charge is 2.19. The van der Waals surface area contributed by atoms with Gasteiger partial charge in [-0.1, -0.05) is 24.3 Å². The minimum atomic E-state index is -0.424. The van der Waals surface area contributed by atoms with Crippen LogP contribution in [0.15, 0.2) is 54.9 Å². The van der Waals surface area contributed by atoms with Gasteiger partial charge in [0, 0.05) is 50.4 Å². The molecule has 1 aromatic carbocycles. The lowest BCUT2D eigenvalue weighted by Crippen LogP contribution is -2.46. The van der Waals surface area contributed by atoms with Crippen molar-refractivity contribution < 1.29 is 4.92 Å². The Labute approximate surface area is 151 Å². The van der Waals surface area contributed by atoms with Gasteiger partial charge in [-0.2, -0.15) is 0 Å². The summed E-state index contributed by atoms with van der Waals surface area (Å²) < 4.78 is 0. The predicted octanol–water partition coefficient (Wildman–Crippen LogP) is 2.86. The van der Waals surface area contributed by atoms with Gasteiger partial charge in [-0.25, -0.2) is 4.98 Å². The zero-order valence-corrected chi connectivity index (χ0v) is 14.3. The fraction of sp³-hybridized carbons (Fsp3) is 0.263. The van der Waals surface area contributed by atoms with Crippen LogP contribution < -0.4 is 4.90 Å². The minimum Gasteiger partial charge on any atom is -0.354 e. The number of fused-ring (bicyclic) bond motifs is 1. The Balaban J connectivity index is 1.41. The summed E-state index contributed by atoms with van der Waals surface area (Å²) in [5, 5.41) is 11.9. The summed E-state index contributed by atoms with van der Waals surface area (Å²) in [6.07, 6.45) is 3.16. The van der Waals surface area contributed by atoms with Crippen LogP contribution in [-0.4, -0.2) is 46.0 Å². The average Bonchev–Trinajstić information content (AvgIpc) is 2.69. The van der Waals surface area contributed by atoms with Gasteiger partial charge in [0.2, 0.25) is 0 Å². The van der Waals surface area contributed by atoms with Gasteiger partial charge < -0.3 is 4.90 Å². The van der Waals surface area contributed by atoms with Crippen LogP contribution in [0.4, 0.5) is 11.5 Å². The van der Waals surface area contributed by atoms with E-state index < -0.39 is 4.92 Å². The number of rotatable bonds is 4. The SMILES string of the molecule is O=[N+]([O-])c1ccc(N2CCN(Cc3cccc4cccnc34)CC2)nc1. The monoisotopic (exact) mass is 349 g/mol. The van der Waals surface area contributed by atoms with Crippen LogP contribution in [0.25, 0.3) is 10.9 Å². The highest BCUT2D eigenvalue weighted by atomic mass is 16.6. The van der Waals surface area contributed by atoms with Crippen LogP contribution in [0.3, 0.4) is 0 Å². The van der Waals surface area contributed by atoms with Gasteiger partial charge in [0.1, 0.15) is 12.0 Å². The summed E-state index contributed by atoms with van der Waals surface area (Å²) >= 11 is 0. The number of benzene rings is 1. The molecule has 0 saturated carbocycles. The van der Waals surface area contributed by atoms with Gasteiger partial charge in [0.05, 0.1) is 10.4 Å². The molecule has 1 fully saturated rings. The first-order chi connectivity index (χ1) is 12.7. The van der Waals surface area contributed by atoms with Crippen LogP contribution in [0.1, 0.15) is 5.56 Å². The fourth-order valence-corrected chi connectivity index (χ4v) is 3.34. The maximum absolute atomic E-state index is 10.7. The van der Waals surface area contributed by atoms with Gasteiger partial charge >= 0.3 is 0 Å². The van der Waals surface area contributed by atoms with Crippen molar-refractivity contribution in [1.82, 2.24) is 14.9 Å². The first-order valence-corrected chi connectivity index (χ1v) is 8.61. The number of hydrogen-bond acceptors (Lipinski definition) is 6. The lowest BCUT2D eigenvalue weighted by molar-refractivity contribution is -0.385. The molecular formula is C19H19N5O2. The minimum absolute atomic E-state index is 0.0239. The molecule has 4 rings (SSSR count). The lowest BCUT2D eigenvalue weighted by Gasteiger charge is -2.35. The van der Waals surface area contributed by atoms with E-state index in [1.165, 1.54) is 23.2 Å². The molecule has 1 aliphatic heterocycles. The number of piperazine rings is 1. The third kappa shape index (κ3) is 3.34. The second kappa shape index (κ2) is 7.05. The fourth-order valence-electron chi connectivity index (χ4n) is 3.34. The Morgan fingerprint density at radius 2 is 1.81 bits per heavy atom. The van der Waals surface area contributed by atoms with E-state index in [-0.39, 0.29) is 5.69 Å². The lowest BCUT2D eigenvalue weighted by atomic mass is 10.1. The molecule has 3 heterocycles. The second-order valence-electron chi connectivity index (χ2n) is 6.39. The number of para-hydroxylation sites is 1. The van der Waals surface area contributed by atoms with Crippen molar-refractivity contribution in [2.75, 3.05) is 31.1 Å². The Bertz CT molecular complexity index is 915. The third-order valence-corrected chi connectivity index (χ3v) is 4.75. The molecule has 2 aromatic heterocycles. The molecule has 1 saturated heterocycles. The van der Waals surface area contributed by atoms with Crippen LogP contribution in [-0.2, 0) is 6.54 Å². The van der Waals surface area contributed by atoms with Crippen molar-refractivity contribution in [3.8, 4) is 0 Å². The van der Waals surface area contributed by atoms with Crippen molar-refractivity contribution in [2.24, 2.45) is 0 Å². The molecule has 0 N–H and O–H groups in total. The number of anilines is 1. The molecule has 7 nitrogen and oxygen atoms in total. The summed E-state index contributed by atoms with van der Waals surface area (Å²) in [5.41, 5.74) is 2.33. The van der Waals surface area contributed by atoms with E-state index in [0.717, 1.165) is 44.1 Å². The topological polar surface area (TPSA) is 75.4 Å². The van der Waals surface area contributed by atoms with E-state index in [4.69, 9.17) is 0 Å². The number of nitro groups is 1. The van der Waals surface area contributed by atoms with Gasteiger partial charge in [-0.15, -0.1) is 0 Å². The van der Waals surface area contributed by atoms with Gasteiger partial charge in [0.25, 0.3) is 5.69 Å². The molecule has 0 amide bonds. The van der Waals surface area contributed by atoms with Crippen LogP contribution >= 0.6 is 0 Å². The van der Waals surface area contributed by atoms with Crippen LogP contribution in [0, 0.1) is 10.1 Å². The van der Waals surface area contributed by atoms with E-state index >= 15 is 0 Å². The molecule has 1 aliphatic rings. The second-order valence-corrected chi connectivity index (χ2v) is 6.39. The van der Waals surface area contributed by atoms with E-state index in [1.807, 2.05) is 12.3 Å². The van der Waals surface area contributed by atoms with Crippen molar-refractivity contribution >= 4 is 22.4 Å². The van der Waals surface area contributed by atoms with Crippen LogP contribution in [0.2, 0.25) is 0 Å². The van der Waals surface area contributed by atoms with Crippen LogP contribution in [0.5, 0.6) is 0 Å². The summed E-state index contributed by atoms with van der Waals surface area (Å²) in [4.78, 5) is 23.6. The number of aromatic nitrogens is 2. The number of hydrogen-bond donors (Lipinski definition) is 0. The molecule has 0 bridgehead atoms. The van der Waals surface area contributed by atoms with E-state index in [9.17, 15) is 10.1 Å². The smallest absolute Gasteiger partial charge is 0.287 e. The molecule has 0 aliphatic carbocycles. The molecule has 3 aromatic rings. The summed E-state index contributed by atoms with van der Waals surface area (Å²) in [6.45, 7) is 4.41. The highest BCUT2D eigenvalue weighted by Crippen LogP contribution is 2.20. The van der Waals surface area contributed by atoms with E-state index in [2.05, 4.69) is 44.0 Å². The third-order valence-electron chi connectivity index (χ3n) is 4.75. The Morgan fingerprint density at radius 3 is 2.54 bits per heavy atom. The molecule has 7 heteroatoms. The maximum atomic E-state index is 10.7. The standard InChI is InChI=1S/C19H19N5O2/c25-24(26)17-6-7-18(21-13-17)23-11-9-22(10-12-23)14-16-4-1-3-15-5-2-8-20-19(15)16/h1-8,13H,9-12,14H2. The van der Waals surface area contributed by atoms with Crippen molar-refractivity contribution in [3.63, 3.8) is 0 Å². The molecule has 0 radical (unpaired) electrons. The zero-order chi connectivity index (χ0) is 17.9. The highest BCUT2D eigenvalue weighted by molar-refractivity contribution is 5.81. The van der Waals surface area contributed by atoms with Gasteiger partial charge in [-0.05, 0) is 17.7 Å². The Morgan fingerprint density at radius 1 is 1.00 bits per heavy atom. The molecule has 132 valence electrons.